The quantitative estimate of drug-likeness (QED) is 0.918. The third-order valence-corrected chi connectivity index (χ3v) is 3.88. The van der Waals surface area contributed by atoms with E-state index >= 15 is 0 Å². The fourth-order valence-corrected chi connectivity index (χ4v) is 2.87. The van der Waals surface area contributed by atoms with E-state index in [-0.39, 0.29) is 12.5 Å². The van der Waals surface area contributed by atoms with Crippen molar-refractivity contribution in [2.24, 2.45) is 5.92 Å². The molecule has 1 unspecified atom stereocenters. The monoisotopic (exact) mass is 306 g/mol. The van der Waals surface area contributed by atoms with Gasteiger partial charge in [-0.15, -0.1) is 5.10 Å². The Morgan fingerprint density at radius 3 is 2.86 bits per heavy atom. The van der Waals surface area contributed by atoms with E-state index in [1.165, 1.54) is 0 Å². The molecule has 0 spiro atoms. The first-order valence-electron chi connectivity index (χ1n) is 6.82. The zero-order chi connectivity index (χ0) is 15.0. The number of hydrogen-bond donors (Lipinski definition) is 1. The lowest BCUT2D eigenvalue weighted by Gasteiger charge is -2.16. The van der Waals surface area contributed by atoms with Crippen LogP contribution in [0.3, 0.4) is 0 Å². The van der Waals surface area contributed by atoms with Crippen molar-refractivity contribution in [2.45, 2.75) is 32.2 Å². The molecule has 1 fully saturated rings. The molecule has 7 heteroatoms. The van der Waals surface area contributed by atoms with Crippen LogP contribution in [0.1, 0.15) is 30.9 Å². The number of aromatic nitrogens is 4. The molecule has 1 aliphatic carbocycles. The number of rotatable bonds is 5. The van der Waals surface area contributed by atoms with Gasteiger partial charge < -0.3 is 5.11 Å². The molecule has 0 aliphatic heterocycles. The maximum atomic E-state index is 11.1. The third kappa shape index (κ3) is 3.05. The first kappa shape index (κ1) is 14.0. The second-order valence-corrected chi connectivity index (χ2v) is 5.90. The number of halogens is 1. The lowest BCUT2D eigenvalue weighted by molar-refractivity contribution is -0.138. The smallest absolute Gasteiger partial charge is 0.305 e. The predicted octanol–water partition coefficient (Wildman–Crippen LogP) is 2.73. The summed E-state index contributed by atoms with van der Waals surface area (Å²) in [6.45, 7) is 1.94. The number of aliphatic carboxylic acids is 1. The summed E-state index contributed by atoms with van der Waals surface area (Å²) in [6.07, 6.45) is 2.07. The van der Waals surface area contributed by atoms with Crippen molar-refractivity contribution in [2.75, 3.05) is 0 Å². The van der Waals surface area contributed by atoms with Gasteiger partial charge in [0, 0.05) is 10.6 Å². The molecule has 6 nitrogen and oxygen atoms in total. The minimum atomic E-state index is -0.837. The predicted molar refractivity (Wildman–Crippen MR) is 77.0 cm³/mol. The van der Waals surface area contributed by atoms with Gasteiger partial charge in [0.2, 0.25) is 0 Å². The lowest BCUT2D eigenvalue weighted by Crippen LogP contribution is -2.18. The van der Waals surface area contributed by atoms with Crippen molar-refractivity contribution < 1.29 is 9.90 Å². The summed E-state index contributed by atoms with van der Waals surface area (Å²) in [4.78, 5) is 11.1. The molecule has 1 aromatic heterocycles. The van der Waals surface area contributed by atoms with Crippen LogP contribution in [0.25, 0.3) is 11.4 Å². The maximum Gasteiger partial charge on any atom is 0.305 e. The van der Waals surface area contributed by atoms with Crippen LogP contribution in [0.15, 0.2) is 18.2 Å². The molecule has 3 rings (SSSR count). The second kappa shape index (κ2) is 5.44. The van der Waals surface area contributed by atoms with Crippen molar-refractivity contribution in [3.8, 4) is 11.4 Å². The first-order chi connectivity index (χ1) is 10.0. The van der Waals surface area contributed by atoms with E-state index in [0.717, 1.165) is 24.0 Å². The van der Waals surface area contributed by atoms with Crippen molar-refractivity contribution in [1.82, 2.24) is 20.2 Å². The normalized spacial score (nSPS) is 15.9. The Balaban J connectivity index is 2.01. The van der Waals surface area contributed by atoms with E-state index in [2.05, 4.69) is 15.5 Å². The molecule has 1 N–H and O–H groups in total. The van der Waals surface area contributed by atoms with Crippen LogP contribution in [0.2, 0.25) is 5.02 Å². The Morgan fingerprint density at radius 1 is 1.48 bits per heavy atom. The number of aryl methyl sites for hydroxylation is 1. The van der Waals surface area contributed by atoms with Crippen LogP contribution < -0.4 is 0 Å². The highest BCUT2D eigenvalue weighted by atomic mass is 35.5. The van der Waals surface area contributed by atoms with Crippen LogP contribution in [0, 0.1) is 12.8 Å². The van der Waals surface area contributed by atoms with Gasteiger partial charge in [0.1, 0.15) is 0 Å². The highest BCUT2D eigenvalue weighted by Crippen LogP contribution is 2.42. The zero-order valence-corrected chi connectivity index (χ0v) is 12.3. The molecule has 1 aromatic carbocycles. The van der Waals surface area contributed by atoms with Crippen LogP contribution in [-0.4, -0.2) is 31.3 Å². The van der Waals surface area contributed by atoms with Gasteiger partial charge in [0.25, 0.3) is 0 Å². The van der Waals surface area contributed by atoms with Gasteiger partial charge in [0.05, 0.1) is 12.5 Å². The lowest BCUT2D eigenvalue weighted by atomic mass is 10.1. The molecule has 110 valence electrons. The number of carboxylic acid groups (broad SMARTS) is 1. The molecule has 0 bridgehead atoms. The summed E-state index contributed by atoms with van der Waals surface area (Å²) in [5.41, 5.74) is 1.81. The Morgan fingerprint density at radius 2 is 2.24 bits per heavy atom. The number of tetrazole rings is 1. The maximum absolute atomic E-state index is 11.1. The fraction of sp³-hybridized carbons (Fsp3) is 0.429. The third-order valence-electron chi connectivity index (χ3n) is 3.66. The van der Waals surface area contributed by atoms with Gasteiger partial charge >= 0.3 is 5.97 Å². The molecule has 0 radical (unpaired) electrons. The van der Waals surface area contributed by atoms with E-state index < -0.39 is 5.97 Å². The average Bonchev–Trinajstić information content (AvgIpc) is 3.11. The summed E-state index contributed by atoms with van der Waals surface area (Å²) < 4.78 is 1.64. The van der Waals surface area contributed by atoms with Gasteiger partial charge in [-0.05, 0) is 59.9 Å². The molecule has 21 heavy (non-hydrogen) atoms. The van der Waals surface area contributed by atoms with Gasteiger partial charge in [-0.1, -0.05) is 11.6 Å². The summed E-state index contributed by atoms with van der Waals surface area (Å²) in [5, 5.41) is 21.5. The van der Waals surface area contributed by atoms with Gasteiger partial charge in [-0.2, -0.15) is 0 Å². The van der Waals surface area contributed by atoms with Crippen LogP contribution in [0.4, 0.5) is 0 Å². The summed E-state index contributed by atoms with van der Waals surface area (Å²) in [7, 11) is 0. The van der Waals surface area contributed by atoms with Crippen molar-refractivity contribution in [3.05, 3.63) is 28.8 Å². The van der Waals surface area contributed by atoms with E-state index in [0.29, 0.717) is 16.8 Å². The Hall–Kier alpha value is -1.95. The zero-order valence-electron chi connectivity index (χ0n) is 11.5. The van der Waals surface area contributed by atoms with E-state index in [4.69, 9.17) is 16.7 Å². The Labute approximate surface area is 126 Å². The number of hydrogen-bond acceptors (Lipinski definition) is 4. The molecular formula is C14H15ClN4O2. The van der Waals surface area contributed by atoms with Crippen LogP contribution >= 0.6 is 11.6 Å². The van der Waals surface area contributed by atoms with Gasteiger partial charge in [0.15, 0.2) is 5.82 Å². The Bertz CT molecular complexity index is 661. The fourth-order valence-electron chi connectivity index (χ4n) is 2.59. The average molecular weight is 307 g/mol. The van der Waals surface area contributed by atoms with Crippen molar-refractivity contribution >= 4 is 17.6 Å². The molecule has 0 saturated heterocycles. The molecule has 1 heterocycles. The second-order valence-electron chi connectivity index (χ2n) is 5.47. The largest absolute Gasteiger partial charge is 0.481 e. The summed E-state index contributed by atoms with van der Waals surface area (Å²) in [6, 6.07) is 5.39. The molecular weight excluding hydrogens is 292 g/mol. The molecule has 1 atom stereocenters. The van der Waals surface area contributed by atoms with Crippen molar-refractivity contribution in [3.63, 3.8) is 0 Å². The summed E-state index contributed by atoms with van der Waals surface area (Å²) in [5.74, 6) is 0.0676. The number of carboxylic acids is 1. The summed E-state index contributed by atoms with van der Waals surface area (Å²) >= 11 is 6.09. The first-order valence-corrected chi connectivity index (χ1v) is 7.19. The van der Waals surface area contributed by atoms with Gasteiger partial charge in [-0.3, -0.25) is 4.79 Å². The van der Waals surface area contributed by atoms with Crippen LogP contribution in [-0.2, 0) is 4.79 Å². The van der Waals surface area contributed by atoms with Crippen molar-refractivity contribution in [1.29, 1.82) is 0 Å². The SMILES string of the molecule is Cc1cc(Cl)cc(-c2nnnn2C(CC(=O)O)C2CC2)c1. The van der Waals surface area contributed by atoms with Gasteiger partial charge in [-0.25, -0.2) is 4.68 Å². The molecule has 0 amide bonds. The minimum Gasteiger partial charge on any atom is -0.481 e. The number of benzene rings is 1. The highest BCUT2D eigenvalue weighted by molar-refractivity contribution is 6.30. The standard InChI is InChI=1S/C14H15ClN4O2/c1-8-4-10(6-11(15)5-8)14-16-17-18-19(14)12(7-13(20)21)9-2-3-9/h4-6,9,12H,2-3,7H2,1H3,(H,20,21). The topological polar surface area (TPSA) is 80.9 Å². The molecule has 2 aromatic rings. The molecule has 1 aliphatic rings. The number of carbonyl (C=O) groups is 1. The van der Waals surface area contributed by atoms with Crippen LogP contribution in [0.5, 0.6) is 0 Å². The van der Waals surface area contributed by atoms with E-state index in [1.54, 1.807) is 10.7 Å². The highest BCUT2D eigenvalue weighted by Gasteiger charge is 2.36. The Kier molecular flexibility index (Phi) is 3.63. The van der Waals surface area contributed by atoms with E-state index in [9.17, 15) is 4.79 Å². The minimum absolute atomic E-state index is 0.0300. The van der Waals surface area contributed by atoms with E-state index in [1.807, 2.05) is 19.1 Å². The number of nitrogens with zero attached hydrogens (tertiary/aromatic N) is 4. The molecule has 1 saturated carbocycles.